The highest BCUT2D eigenvalue weighted by atomic mass is 32.2. The van der Waals surface area contributed by atoms with Gasteiger partial charge >= 0.3 is 0 Å². The predicted molar refractivity (Wildman–Crippen MR) is 84.7 cm³/mol. The SMILES string of the molecule is CN=C(Nc1c(C)cccc1N1CCOCC1)SC. The summed E-state index contributed by atoms with van der Waals surface area (Å²) in [7, 11) is 1.81. The van der Waals surface area contributed by atoms with E-state index >= 15 is 0 Å². The molecule has 1 saturated heterocycles. The number of aliphatic imine (C=N–C) groups is 1. The zero-order valence-corrected chi connectivity index (χ0v) is 12.6. The molecule has 1 aromatic rings. The molecule has 0 radical (unpaired) electrons. The van der Waals surface area contributed by atoms with Gasteiger partial charge < -0.3 is 15.0 Å². The first kappa shape index (κ1) is 14.2. The summed E-state index contributed by atoms with van der Waals surface area (Å²) in [5.74, 6) is 0. The largest absolute Gasteiger partial charge is 0.378 e. The number of nitrogens with one attached hydrogen (secondary N) is 1. The van der Waals surface area contributed by atoms with Crippen molar-refractivity contribution < 1.29 is 4.74 Å². The number of amidine groups is 1. The van der Waals surface area contributed by atoms with Gasteiger partial charge in [0.1, 0.15) is 0 Å². The minimum Gasteiger partial charge on any atom is -0.378 e. The first-order valence-electron chi connectivity index (χ1n) is 6.46. The molecule has 1 heterocycles. The lowest BCUT2D eigenvalue weighted by Crippen LogP contribution is -2.36. The number of thioether (sulfide) groups is 1. The van der Waals surface area contributed by atoms with Crippen LogP contribution in [0, 0.1) is 6.92 Å². The van der Waals surface area contributed by atoms with Crippen LogP contribution in [0.5, 0.6) is 0 Å². The third kappa shape index (κ3) is 3.42. The number of morpholine rings is 1. The van der Waals surface area contributed by atoms with E-state index in [1.807, 2.05) is 13.3 Å². The maximum Gasteiger partial charge on any atom is 0.160 e. The lowest BCUT2D eigenvalue weighted by molar-refractivity contribution is 0.123. The number of hydrogen-bond donors (Lipinski definition) is 1. The van der Waals surface area contributed by atoms with Crippen LogP contribution in [0.15, 0.2) is 23.2 Å². The molecule has 0 unspecified atom stereocenters. The molecule has 0 aliphatic carbocycles. The molecule has 0 saturated carbocycles. The minimum atomic E-state index is 0.796. The Labute approximate surface area is 119 Å². The molecular formula is C14H21N3OS. The fraction of sp³-hybridized carbons (Fsp3) is 0.500. The van der Waals surface area contributed by atoms with E-state index in [1.54, 1.807) is 11.8 Å². The Morgan fingerprint density at radius 1 is 1.37 bits per heavy atom. The molecule has 1 aliphatic heterocycles. The van der Waals surface area contributed by atoms with Gasteiger partial charge in [-0.25, -0.2) is 0 Å². The van der Waals surface area contributed by atoms with Crippen molar-refractivity contribution in [3.63, 3.8) is 0 Å². The normalized spacial score (nSPS) is 16.6. The molecule has 1 N–H and O–H groups in total. The molecule has 0 amide bonds. The Morgan fingerprint density at radius 2 is 2.11 bits per heavy atom. The van der Waals surface area contributed by atoms with Crippen LogP contribution in [0.2, 0.25) is 0 Å². The molecule has 19 heavy (non-hydrogen) atoms. The number of benzene rings is 1. The Hall–Kier alpha value is -1.20. The third-order valence-corrected chi connectivity index (χ3v) is 3.90. The lowest BCUT2D eigenvalue weighted by Gasteiger charge is -2.31. The molecule has 0 atom stereocenters. The maximum atomic E-state index is 5.42. The van der Waals surface area contributed by atoms with E-state index in [0.29, 0.717) is 0 Å². The van der Waals surface area contributed by atoms with Crippen molar-refractivity contribution in [1.29, 1.82) is 0 Å². The van der Waals surface area contributed by atoms with Crippen LogP contribution in [-0.2, 0) is 4.74 Å². The Kier molecular flexibility index (Phi) is 5.10. The van der Waals surface area contributed by atoms with Crippen LogP contribution in [-0.4, -0.2) is 44.8 Å². The van der Waals surface area contributed by atoms with Crippen molar-refractivity contribution in [3.8, 4) is 0 Å². The number of nitrogens with zero attached hydrogens (tertiary/aromatic N) is 2. The summed E-state index contributed by atoms with van der Waals surface area (Å²) in [6, 6.07) is 6.39. The van der Waals surface area contributed by atoms with Gasteiger partial charge in [0, 0.05) is 20.1 Å². The molecule has 1 aliphatic rings. The van der Waals surface area contributed by atoms with E-state index in [9.17, 15) is 0 Å². The summed E-state index contributed by atoms with van der Waals surface area (Å²) < 4.78 is 5.42. The molecule has 5 heteroatoms. The van der Waals surface area contributed by atoms with E-state index in [2.05, 4.69) is 40.3 Å². The first-order valence-corrected chi connectivity index (χ1v) is 7.69. The quantitative estimate of drug-likeness (QED) is 0.667. The van der Waals surface area contributed by atoms with Gasteiger partial charge in [0.25, 0.3) is 0 Å². The van der Waals surface area contributed by atoms with E-state index in [1.165, 1.54) is 11.3 Å². The van der Waals surface area contributed by atoms with Gasteiger partial charge in [-0.3, -0.25) is 4.99 Å². The van der Waals surface area contributed by atoms with E-state index in [4.69, 9.17) is 4.74 Å². The average Bonchev–Trinajstić information content (AvgIpc) is 2.47. The topological polar surface area (TPSA) is 36.9 Å². The van der Waals surface area contributed by atoms with E-state index in [-0.39, 0.29) is 0 Å². The van der Waals surface area contributed by atoms with Gasteiger partial charge in [-0.15, -0.1) is 0 Å². The fourth-order valence-corrected chi connectivity index (χ4v) is 2.57. The zero-order valence-electron chi connectivity index (χ0n) is 11.8. The number of hydrogen-bond acceptors (Lipinski definition) is 4. The molecule has 4 nitrogen and oxygen atoms in total. The standard InChI is InChI=1S/C14H21N3OS/c1-11-5-4-6-12(17-7-9-18-10-8-17)13(11)16-14(15-2)19-3/h4-6H,7-10H2,1-3H3,(H,15,16). The van der Waals surface area contributed by atoms with Crippen molar-refractivity contribution in [2.24, 2.45) is 4.99 Å². The molecule has 0 spiro atoms. The number of anilines is 2. The van der Waals surface area contributed by atoms with Crippen molar-refractivity contribution in [1.82, 2.24) is 0 Å². The maximum absolute atomic E-state index is 5.42. The molecule has 0 aromatic heterocycles. The van der Waals surface area contributed by atoms with Crippen molar-refractivity contribution in [2.45, 2.75) is 6.92 Å². The zero-order chi connectivity index (χ0) is 13.7. The van der Waals surface area contributed by atoms with Gasteiger partial charge in [0.2, 0.25) is 0 Å². The van der Waals surface area contributed by atoms with Gasteiger partial charge in [0.15, 0.2) is 5.17 Å². The fourth-order valence-electron chi connectivity index (χ4n) is 2.19. The summed E-state index contributed by atoms with van der Waals surface area (Å²) in [4.78, 5) is 6.62. The molecular weight excluding hydrogens is 258 g/mol. The lowest BCUT2D eigenvalue weighted by atomic mass is 10.1. The number of para-hydroxylation sites is 1. The second-order valence-corrected chi connectivity index (χ2v) is 5.22. The minimum absolute atomic E-state index is 0.796. The first-order chi connectivity index (χ1) is 9.26. The number of ether oxygens (including phenoxy) is 1. The second-order valence-electron chi connectivity index (χ2n) is 4.43. The van der Waals surface area contributed by atoms with Crippen LogP contribution in [0.25, 0.3) is 0 Å². The Balaban J connectivity index is 2.29. The summed E-state index contributed by atoms with van der Waals surface area (Å²) >= 11 is 1.62. The van der Waals surface area contributed by atoms with Gasteiger partial charge in [-0.05, 0) is 24.8 Å². The van der Waals surface area contributed by atoms with Crippen molar-refractivity contribution in [2.75, 3.05) is 49.8 Å². The molecule has 1 fully saturated rings. The number of aryl methyl sites for hydroxylation is 1. The van der Waals surface area contributed by atoms with Crippen LogP contribution >= 0.6 is 11.8 Å². The van der Waals surface area contributed by atoms with Gasteiger partial charge in [-0.1, -0.05) is 23.9 Å². The number of rotatable bonds is 2. The summed E-state index contributed by atoms with van der Waals surface area (Å²) in [5.41, 5.74) is 3.62. The predicted octanol–water partition coefficient (Wildman–Crippen LogP) is 2.59. The summed E-state index contributed by atoms with van der Waals surface area (Å²) in [6.45, 7) is 5.60. The molecule has 2 rings (SSSR count). The summed E-state index contributed by atoms with van der Waals surface area (Å²) in [6.07, 6.45) is 2.03. The average molecular weight is 279 g/mol. The monoisotopic (exact) mass is 279 g/mol. The Bertz CT molecular complexity index is 456. The van der Waals surface area contributed by atoms with E-state index < -0.39 is 0 Å². The van der Waals surface area contributed by atoms with Crippen LogP contribution in [0.4, 0.5) is 11.4 Å². The van der Waals surface area contributed by atoms with Crippen LogP contribution in [0.3, 0.4) is 0 Å². The van der Waals surface area contributed by atoms with Gasteiger partial charge in [0.05, 0.1) is 24.6 Å². The van der Waals surface area contributed by atoms with Gasteiger partial charge in [-0.2, -0.15) is 0 Å². The molecule has 0 bridgehead atoms. The Morgan fingerprint density at radius 3 is 2.74 bits per heavy atom. The van der Waals surface area contributed by atoms with E-state index in [0.717, 1.165) is 37.2 Å². The molecule has 1 aromatic carbocycles. The van der Waals surface area contributed by atoms with Crippen molar-refractivity contribution >= 4 is 28.3 Å². The highest BCUT2D eigenvalue weighted by molar-refractivity contribution is 8.13. The second kappa shape index (κ2) is 6.82. The molecule has 104 valence electrons. The van der Waals surface area contributed by atoms with Crippen LogP contribution in [0.1, 0.15) is 5.56 Å². The smallest absolute Gasteiger partial charge is 0.160 e. The van der Waals surface area contributed by atoms with Crippen molar-refractivity contribution in [3.05, 3.63) is 23.8 Å². The van der Waals surface area contributed by atoms with Crippen LogP contribution < -0.4 is 10.2 Å². The summed E-state index contributed by atoms with van der Waals surface area (Å²) in [5, 5.41) is 4.38. The highest BCUT2D eigenvalue weighted by Crippen LogP contribution is 2.30. The highest BCUT2D eigenvalue weighted by Gasteiger charge is 2.16. The third-order valence-electron chi connectivity index (χ3n) is 3.23.